The average molecular weight is 538 g/mol. The zero-order valence-electron chi connectivity index (χ0n) is 21.3. The summed E-state index contributed by atoms with van der Waals surface area (Å²) in [5, 5.41) is 14.9. The number of hydrogen-bond acceptors (Lipinski definition) is 4. The number of ether oxygens (including phenoxy) is 1. The number of aromatic nitrogens is 2. The van der Waals surface area contributed by atoms with Gasteiger partial charge in [0.05, 0.1) is 27.0 Å². The summed E-state index contributed by atoms with van der Waals surface area (Å²) in [4.78, 5) is 13.2. The number of para-hydroxylation sites is 1. The molecule has 1 N–H and O–H groups in total. The van der Waals surface area contributed by atoms with Crippen molar-refractivity contribution < 1.29 is 14.6 Å². The molecule has 1 aromatic heterocycles. The van der Waals surface area contributed by atoms with E-state index in [9.17, 15) is 4.79 Å². The summed E-state index contributed by atoms with van der Waals surface area (Å²) in [6.07, 6.45) is 0.808. The molecule has 0 saturated carbocycles. The second-order valence-electron chi connectivity index (χ2n) is 8.94. The predicted molar refractivity (Wildman–Crippen MR) is 149 cm³/mol. The van der Waals surface area contributed by atoms with Crippen LogP contribution in [-0.2, 0) is 19.6 Å². The van der Waals surface area contributed by atoms with E-state index in [4.69, 9.17) is 38.1 Å². The summed E-state index contributed by atoms with van der Waals surface area (Å²) >= 11 is 13.0. The van der Waals surface area contributed by atoms with Crippen molar-refractivity contribution in [1.82, 2.24) is 9.78 Å². The molecule has 0 aliphatic heterocycles. The summed E-state index contributed by atoms with van der Waals surface area (Å²) in [6.45, 7) is 7.08. The Morgan fingerprint density at radius 3 is 2.32 bits per heavy atom. The van der Waals surface area contributed by atoms with Gasteiger partial charge in [0.15, 0.2) is 0 Å². The Balaban J connectivity index is 1.53. The van der Waals surface area contributed by atoms with Crippen molar-refractivity contribution >= 4 is 34.9 Å². The van der Waals surface area contributed by atoms with E-state index in [0.29, 0.717) is 28.9 Å². The molecule has 0 spiro atoms. The quantitative estimate of drug-likeness (QED) is 0.243. The maximum absolute atomic E-state index is 11.1. The third-order valence-electron chi connectivity index (χ3n) is 6.37. The number of aryl methyl sites for hydroxylation is 2. The standard InChI is InChI=1S/C29H29Cl2N3O3/c1-5-23-19(3)32-34(28-24(30)7-6-8-25(28)31)27(23)17-37-22-13-14-26(18(2)15-22)33(4)16-20-9-11-21(12-10-20)29(35)36/h6-15H,5,16-17H2,1-4H3,(H,35,36). The van der Waals surface area contributed by atoms with Gasteiger partial charge < -0.3 is 14.7 Å². The number of rotatable bonds is 9. The van der Waals surface area contributed by atoms with Crippen LogP contribution >= 0.6 is 23.2 Å². The Kier molecular flexibility index (Phi) is 8.10. The molecule has 0 aliphatic rings. The number of carboxylic acids is 1. The number of halogens is 2. The molecule has 0 aliphatic carbocycles. The van der Waals surface area contributed by atoms with Crippen LogP contribution in [0.2, 0.25) is 10.0 Å². The summed E-state index contributed by atoms with van der Waals surface area (Å²) in [5.41, 5.74) is 7.03. The zero-order valence-corrected chi connectivity index (χ0v) is 22.8. The number of carbonyl (C=O) groups is 1. The van der Waals surface area contributed by atoms with Gasteiger partial charge in [-0.2, -0.15) is 5.10 Å². The van der Waals surface area contributed by atoms with Crippen LogP contribution in [0.5, 0.6) is 5.75 Å². The van der Waals surface area contributed by atoms with E-state index >= 15 is 0 Å². The van der Waals surface area contributed by atoms with Crippen molar-refractivity contribution in [1.29, 1.82) is 0 Å². The maximum Gasteiger partial charge on any atom is 0.335 e. The molecule has 0 bridgehead atoms. The minimum Gasteiger partial charge on any atom is -0.487 e. The molecule has 4 aromatic rings. The van der Waals surface area contributed by atoms with Gasteiger partial charge in [0.1, 0.15) is 18.0 Å². The average Bonchev–Trinajstić information content (AvgIpc) is 3.17. The number of benzene rings is 3. The Bertz CT molecular complexity index is 1410. The van der Waals surface area contributed by atoms with Crippen molar-refractivity contribution in [2.75, 3.05) is 11.9 Å². The molecule has 37 heavy (non-hydrogen) atoms. The van der Waals surface area contributed by atoms with Crippen molar-refractivity contribution in [3.63, 3.8) is 0 Å². The van der Waals surface area contributed by atoms with E-state index in [1.807, 2.05) is 57.3 Å². The Morgan fingerprint density at radius 1 is 1.05 bits per heavy atom. The van der Waals surface area contributed by atoms with Crippen molar-refractivity contribution in [2.24, 2.45) is 0 Å². The first-order valence-corrected chi connectivity index (χ1v) is 12.7. The van der Waals surface area contributed by atoms with E-state index in [1.165, 1.54) is 0 Å². The largest absolute Gasteiger partial charge is 0.487 e. The molecule has 0 atom stereocenters. The smallest absolute Gasteiger partial charge is 0.335 e. The molecule has 0 amide bonds. The third-order valence-corrected chi connectivity index (χ3v) is 6.98. The lowest BCUT2D eigenvalue weighted by atomic mass is 10.1. The van der Waals surface area contributed by atoms with Crippen LogP contribution in [-0.4, -0.2) is 27.9 Å². The minimum absolute atomic E-state index is 0.281. The molecule has 0 unspecified atom stereocenters. The summed E-state index contributed by atoms with van der Waals surface area (Å²) in [7, 11) is 2.01. The first-order valence-electron chi connectivity index (χ1n) is 12.0. The molecule has 1 heterocycles. The topological polar surface area (TPSA) is 67.6 Å². The molecular weight excluding hydrogens is 509 g/mol. The molecule has 3 aromatic carbocycles. The summed E-state index contributed by atoms with van der Waals surface area (Å²) in [6, 6.07) is 18.4. The number of nitrogens with zero attached hydrogens (tertiary/aromatic N) is 3. The van der Waals surface area contributed by atoms with E-state index in [0.717, 1.165) is 45.9 Å². The van der Waals surface area contributed by atoms with Gasteiger partial charge >= 0.3 is 5.97 Å². The van der Waals surface area contributed by atoms with Crippen LogP contribution in [0.25, 0.3) is 5.69 Å². The molecule has 8 heteroatoms. The van der Waals surface area contributed by atoms with Gasteiger partial charge in [-0.05, 0) is 79.4 Å². The van der Waals surface area contributed by atoms with Crippen LogP contribution in [0.4, 0.5) is 5.69 Å². The molecule has 192 valence electrons. The lowest BCUT2D eigenvalue weighted by Crippen LogP contribution is -2.17. The first kappa shape index (κ1) is 26.6. The van der Waals surface area contributed by atoms with Crippen molar-refractivity contribution in [3.8, 4) is 11.4 Å². The molecule has 6 nitrogen and oxygen atoms in total. The highest BCUT2D eigenvalue weighted by Gasteiger charge is 2.20. The normalized spacial score (nSPS) is 11.0. The molecule has 4 rings (SSSR count). The SMILES string of the molecule is CCc1c(C)nn(-c2c(Cl)cccc2Cl)c1COc1ccc(N(C)Cc2ccc(C(=O)O)cc2)c(C)c1. The first-order chi connectivity index (χ1) is 17.7. The van der Waals surface area contributed by atoms with E-state index < -0.39 is 5.97 Å². The fourth-order valence-corrected chi connectivity index (χ4v) is 5.06. The van der Waals surface area contributed by atoms with Crippen molar-refractivity contribution in [3.05, 3.63) is 104 Å². The fraction of sp³-hybridized carbons (Fsp3) is 0.241. The van der Waals surface area contributed by atoms with Crippen molar-refractivity contribution in [2.45, 2.75) is 40.3 Å². The van der Waals surface area contributed by atoms with Gasteiger partial charge in [0, 0.05) is 19.3 Å². The maximum atomic E-state index is 11.1. The van der Waals surface area contributed by atoms with E-state index in [1.54, 1.807) is 28.9 Å². The zero-order chi connectivity index (χ0) is 26.7. The number of hydrogen-bond donors (Lipinski definition) is 1. The van der Waals surface area contributed by atoms with Gasteiger partial charge in [-0.25, -0.2) is 9.48 Å². The van der Waals surface area contributed by atoms with Crippen LogP contribution in [0, 0.1) is 13.8 Å². The summed E-state index contributed by atoms with van der Waals surface area (Å²) in [5.74, 6) is -0.177. The second kappa shape index (κ2) is 11.3. The highest BCUT2D eigenvalue weighted by molar-refractivity contribution is 6.37. The summed E-state index contributed by atoms with van der Waals surface area (Å²) < 4.78 is 8.03. The van der Waals surface area contributed by atoms with Crippen LogP contribution in [0.3, 0.4) is 0 Å². The lowest BCUT2D eigenvalue weighted by molar-refractivity contribution is 0.0697. The Hall–Kier alpha value is -3.48. The Morgan fingerprint density at radius 2 is 1.73 bits per heavy atom. The molecule has 0 fully saturated rings. The predicted octanol–water partition coefficient (Wildman–Crippen LogP) is 7.27. The monoisotopic (exact) mass is 537 g/mol. The van der Waals surface area contributed by atoms with Crippen LogP contribution < -0.4 is 9.64 Å². The Labute approximate surface area is 227 Å². The molecule has 0 radical (unpaired) electrons. The fourth-order valence-electron chi connectivity index (χ4n) is 4.50. The van der Waals surface area contributed by atoms with Crippen LogP contribution in [0.15, 0.2) is 60.7 Å². The van der Waals surface area contributed by atoms with Gasteiger partial charge in [-0.3, -0.25) is 0 Å². The number of aromatic carboxylic acids is 1. The van der Waals surface area contributed by atoms with Gasteiger partial charge in [-0.15, -0.1) is 0 Å². The number of carboxylic acid groups (broad SMARTS) is 1. The van der Waals surface area contributed by atoms with E-state index in [-0.39, 0.29) is 5.56 Å². The number of anilines is 1. The van der Waals surface area contributed by atoms with Gasteiger partial charge in [0.25, 0.3) is 0 Å². The lowest BCUT2D eigenvalue weighted by Gasteiger charge is -2.22. The second-order valence-corrected chi connectivity index (χ2v) is 9.76. The highest BCUT2D eigenvalue weighted by Crippen LogP contribution is 2.32. The molecule has 0 saturated heterocycles. The highest BCUT2D eigenvalue weighted by atomic mass is 35.5. The minimum atomic E-state index is -0.925. The molecular formula is C29H29Cl2N3O3. The van der Waals surface area contributed by atoms with E-state index in [2.05, 4.69) is 11.8 Å². The third kappa shape index (κ3) is 5.76. The van der Waals surface area contributed by atoms with Crippen LogP contribution in [0.1, 0.15) is 45.4 Å². The van der Waals surface area contributed by atoms with Gasteiger partial charge in [-0.1, -0.05) is 48.3 Å². The van der Waals surface area contributed by atoms with Gasteiger partial charge in [0.2, 0.25) is 0 Å².